The van der Waals surface area contributed by atoms with Crippen LogP contribution in [0.3, 0.4) is 0 Å². The Hall–Kier alpha value is -1.18. The van der Waals surface area contributed by atoms with Crippen LogP contribution in [0.1, 0.15) is 42.5 Å². The van der Waals surface area contributed by atoms with E-state index in [0.717, 1.165) is 30.7 Å². The predicted molar refractivity (Wildman–Crippen MR) is 57.6 cm³/mol. The second-order valence-electron chi connectivity index (χ2n) is 5.02. The molecule has 0 unspecified atom stereocenters. The molecule has 0 amide bonds. The first kappa shape index (κ1) is 9.08. The lowest BCUT2D eigenvalue weighted by molar-refractivity contribution is 0.00643. The molecule has 3 aliphatic carbocycles. The van der Waals surface area contributed by atoms with E-state index >= 15 is 0 Å². The molecule has 2 heteroatoms. The molecule has 1 aromatic heterocycles. The van der Waals surface area contributed by atoms with Crippen LogP contribution >= 0.6 is 0 Å². The molecule has 0 saturated heterocycles. The molecular formula is C13H15NO. The first-order chi connectivity index (χ1) is 7.30. The molecule has 1 aromatic rings. The number of aromatic nitrogens is 1. The second kappa shape index (κ2) is 3.16. The van der Waals surface area contributed by atoms with Crippen LogP contribution in [-0.4, -0.2) is 10.8 Å². The Morgan fingerprint density at radius 1 is 1.47 bits per heavy atom. The van der Waals surface area contributed by atoms with Crippen LogP contribution in [-0.2, 0) is 0 Å². The van der Waals surface area contributed by atoms with E-state index in [1.165, 1.54) is 12.8 Å². The lowest BCUT2D eigenvalue weighted by Gasteiger charge is -2.51. The van der Waals surface area contributed by atoms with Crippen molar-refractivity contribution >= 4 is 5.78 Å². The van der Waals surface area contributed by atoms with Gasteiger partial charge < -0.3 is 0 Å². The van der Waals surface area contributed by atoms with Crippen molar-refractivity contribution in [3.05, 3.63) is 30.1 Å². The standard InChI is InChI=1S/C13H15NO/c15-12(11-4-2-6-14-9-11)13-5-1-3-10(7-13)8-13/h2,4,6,9-10H,1,3,5,7-8H2. The van der Waals surface area contributed by atoms with E-state index in [1.807, 2.05) is 12.1 Å². The topological polar surface area (TPSA) is 30.0 Å². The number of pyridine rings is 1. The number of Topliss-reactive ketones (excluding diaryl/α,β-unsaturated/α-hetero) is 1. The average Bonchev–Trinajstić information content (AvgIpc) is 2.29. The summed E-state index contributed by atoms with van der Waals surface area (Å²) in [6, 6.07) is 3.74. The molecule has 0 aromatic carbocycles. The van der Waals surface area contributed by atoms with Gasteiger partial charge in [0.15, 0.2) is 5.78 Å². The molecule has 4 rings (SSSR count). The molecule has 0 radical (unpaired) electrons. The predicted octanol–water partition coefficient (Wildman–Crippen LogP) is 2.84. The SMILES string of the molecule is O=C(c1cccnc1)C12CCCC(C1)C2. The number of rotatable bonds is 2. The Kier molecular flexibility index (Phi) is 1.91. The van der Waals surface area contributed by atoms with Crippen molar-refractivity contribution in [2.75, 3.05) is 0 Å². The number of fused-ring (bicyclic) bond motifs is 2. The van der Waals surface area contributed by atoms with Gasteiger partial charge in [0.05, 0.1) is 0 Å². The minimum absolute atomic E-state index is 0.00590. The summed E-state index contributed by atoms with van der Waals surface area (Å²) in [5.74, 6) is 1.17. The van der Waals surface area contributed by atoms with Crippen LogP contribution in [0.15, 0.2) is 24.5 Å². The van der Waals surface area contributed by atoms with E-state index in [4.69, 9.17) is 0 Å². The average molecular weight is 201 g/mol. The summed E-state index contributed by atoms with van der Waals surface area (Å²) >= 11 is 0. The molecule has 1 heterocycles. The number of carbonyl (C=O) groups excluding carboxylic acids is 1. The Bertz CT molecular complexity index is 373. The van der Waals surface area contributed by atoms with Gasteiger partial charge in [-0.25, -0.2) is 0 Å². The number of carbonyl (C=O) groups is 1. The van der Waals surface area contributed by atoms with Crippen molar-refractivity contribution in [2.45, 2.75) is 32.1 Å². The van der Waals surface area contributed by atoms with E-state index in [2.05, 4.69) is 4.98 Å². The van der Waals surface area contributed by atoms with Crippen molar-refractivity contribution in [1.29, 1.82) is 0 Å². The fourth-order valence-electron chi connectivity index (χ4n) is 3.28. The molecule has 78 valence electrons. The zero-order valence-electron chi connectivity index (χ0n) is 8.78. The zero-order valence-corrected chi connectivity index (χ0v) is 8.78. The number of nitrogens with zero attached hydrogens (tertiary/aromatic N) is 1. The maximum absolute atomic E-state index is 12.3. The Morgan fingerprint density at radius 2 is 2.33 bits per heavy atom. The first-order valence-corrected chi connectivity index (χ1v) is 5.75. The van der Waals surface area contributed by atoms with Crippen LogP contribution in [0, 0.1) is 11.3 Å². The number of hydrogen-bond donors (Lipinski definition) is 0. The molecule has 0 N–H and O–H groups in total. The molecule has 3 saturated carbocycles. The van der Waals surface area contributed by atoms with Gasteiger partial charge >= 0.3 is 0 Å². The third kappa shape index (κ3) is 1.31. The van der Waals surface area contributed by atoms with Crippen molar-refractivity contribution in [3.63, 3.8) is 0 Å². The molecule has 3 fully saturated rings. The van der Waals surface area contributed by atoms with Gasteiger partial charge in [-0.3, -0.25) is 9.78 Å². The minimum Gasteiger partial charge on any atom is -0.293 e. The Morgan fingerprint density at radius 3 is 2.93 bits per heavy atom. The fraction of sp³-hybridized carbons (Fsp3) is 0.538. The van der Waals surface area contributed by atoms with Gasteiger partial charge in [0.1, 0.15) is 0 Å². The van der Waals surface area contributed by atoms with Gasteiger partial charge in [-0.05, 0) is 37.3 Å². The molecule has 2 bridgehead atoms. The highest BCUT2D eigenvalue weighted by molar-refractivity contribution is 6.01. The molecule has 0 atom stereocenters. The molecule has 0 aliphatic heterocycles. The van der Waals surface area contributed by atoms with Gasteiger partial charge in [0.2, 0.25) is 0 Å². The van der Waals surface area contributed by atoms with Crippen LogP contribution in [0.5, 0.6) is 0 Å². The quantitative estimate of drug-likeness (QED) is 0.689. The van der Waals surface area contributed by atoms with Crippen LogP contribution in [0.2, 0.25) is 0 Å². The molecule has 0 spiro atoms. The molecule has 15 heavy (non-hydrogen) atoms. The summed E-state index contributed by atoms with van der Waals surface area (Å²) in [7, 11) is 0. The summed E-state index contributed by atoms with van der Waals surface area (Å²) in [6.07, 6.45) is 9.34. The lowest BCUT2D eigenvalue weighted by Crippen LogP contribution is -2.47. The lowest BCUT2D eigenvalue weighted by atomic mass is 9.52. The van der Waals surface area contributed by atoms with Crippen LogP contribution < -0.4 is 0 Å². The van der Waals surface area contributed by atoms with Crippen LogP contribution in [0.4, 0.5) is 0 Å². The van der Waals surface area contributed by atoms with E-state index in [1.54, 1.807) is 12.4 Å². The highest BCUT2D eigenvalue weighted by Crippen LogP contribution is 2.56. The van der Waals surface area contributed by atoms with Gasteiger partial charge in [0.25, 0.3) is 0 Å². The highest BCUT2D eigenvalue weighted by Gasteiger charge is 2.51. The number of hydrogen-bond acceptors (Lipinski definition) is 2. The second-order valence-corrected chi connectivity index (χ2v) is 5.02. The molecular weight excluding hydrogens is 186 g/mol. The largest absolute Gasteiger partial charge is 0.293 e. The number of ketones is 1. The summed E-state index contributed by atoms with van der Waals surface area (Å²) in [5.41, 5.74) is 0.809. The van der Waals surface area contributed by atoms with Crippen molar-refractivity contribution < 1.29 is 4.79 Å². The fourth-order valence-corrected chi connectivity index (χ4v) is 3.28. The highest BCUT2D eigenvalue weighted by atomic mass is 16.1. The summed E-state index contributed by atoms with van der Waals surface area (Å²) in [5, 5.41) is 0. The van der Waals surface area contributed by atoms with Crippen molar-refractivity contribution in [2.24, 2.45) is 11.3 Å². The summed E-state index contributed by atoms with van der Waals surface area (Å²) in [6.45, 7) is 0. The van der Waals surface area contributed by atoms with E-state index in [9.17, 15) is 4.79 Å². The third-order valence-corrected chi connectivity index (χ3v) is 4.03. The van der Waals surface area contributed by atoms with Crippen molar-refractivity contribution in [3.8, 4) is 0 Å². The monoisotopic (exact) mass is 201 g/mol. The van der Waals surface area contributed by atoms with E-state index in [0.29, 0.717) is 5.78 Å². The van der Waals surface area contributed by atoms with Gasteiger partial charge in [0, 0.05) is 23.4 Å². The van der Waals surface area contributed by atoms with E-state index < -0.39 is 0 Å². The normalized spacial score (nSPS) is 33.2. The summed E-state index contributed by atoms with van der Waals surface area (Å²) < 4.78 is 0. The Balaban J connectivity index is 1.86. The molecule has 3 aliphatic rings. The van der Waals surface area contributed by atoms with Crippen LogP contribution in [0.25, 0.3) is 0 Å². The zero-order chi connectivity index (χ0) is 10.3. The first-order valence-electron chi connectivity index (χ1n) is 5.75. The summed E-state index contributed by atoms with van der Waals surface area (Å²) in [4.78, 5) is 16.3. The van der Waals surface area contributed by atoms with E-state index in [-0.39, 0.29) is 5.41 Å². The maximum Gasteiger partial charge on any atom is 0.170 e. The van der Waals surface area contributed by atoms with Gasteiger partial charge in [-0.15, -0.1) is 0 Å². The van der Waals surface area contributed by atoms with Gasteiger partial charge in [-0.1, -0.05) is 12.8 Å². The third-order valence-electron chi connectivity index (χ3n) is 4.03. The molecule has 2 nitrogen and oxygen atoms in total. The van der Waals surface area contributed by atoms with Crippen molar-refractivity contribution in [1.82, 2.24) is 4.98 Å². The minimum atomic E-state index is 0.00590. The van der Waals surface area contributed by atoms with Gasteiger partial charge in [-0.2, -0.15) is 0 Å². The Labute approximate surface area is 89.7 Å². The maximum atomic E-state index is 12.3. The smallest absolute Gasteiger partial charge is 0.170 e.